The van der Waals surface area contributed by atoms with Gasteiger partial charge in [0.15, 0.2) is 5.41 Å². The molecule has 0 saturated carbocycles. The molecular weight excluding hydrogens is 232 g/mol. The molecule has 7 heteroatoms. The van der Waals surface area contributed by atoms with Crippen LogP contribution in [-0.4, -0.2) is 71.5 Å². The normalized spacial score (nSPS) is 46.6. The predicted molar refractivity (Wildman–Crippen MR) is 58.3 cm³/mol. The van der Waals surface area contributed by atoms with Crippen molar-refractivity contribution in [2.75, 3.05) is 6.61 Å². The molecule has 1 fully saturated rings. The molecule has 0 aromatic heterocycles. The number of aliphatic hydroxyl groups excluding tert-OH is 4. The smallest absolute Gasteiger partial charge is 0.213 e. The summed E-state index contributed by atoms with van der Waals surface area (Å²) in [5.74, 6) is 0. The summed E-state index contributed by atoms with van der Waals surface area (Å²) >= 11 is 0. The van der Waals surface area contributed by atoms with E-state index in [1.54, 1.807) is 19.6 Å². The Morgan fingerprint density at radius 1 is 1.25 bits per heavy atom. The van der Waals surface area contributed by atoms with E-state index in [2.05, 4.69) is 5.11 Å². The van der Waals surface area contributed by atoms with E-state index in [4.69, 9.17) is 11.3 Å². The number of hydrogen-bond donors (Lipinski definition) is 5. The van der Waals surface area contributed by atoms with Crippen molar-refractivity contribution in [2.24, 2.45) is 0 Å². The highest BCUT2D eigenvalue weighted by Crippen LogP contribution is 2.34. The lowest BCUT2D eigenvalue weighted by atomic mass is 9.99. The van der Waals surface area contributed by atoms with Crippen LogP contribution in [0.25, 0.3) is 0 Å². The third kappa shape index (κ3) is 2.04. The molecule has 0 spiro atoms. The van der Waals surface area contributed by atoms with E-state index in [9.17, 15) is 15.3 Å². The summed E-state index contributed by atoms with van der Waals surface area (Å²) in [5, 5.41) is 43.0. The average molecular weight is 253 g/mol. The fraction of sp³-hybridized carbons (Fsp3) is 1.00. The average Bonchev–Trinajstić information content (AvgIpc) is 2.25. The van der Waals surface area contributed by atoms with Gasteiger partial charge >= 0.3 is 0 Å². The van der Waals surface area contributed by atoms with E-state index < -0.39 is 44.5 Å². The van der Waals surface area contributed by atoms with Crippen molar-refractivity contribution in [3.63, 3.8) is 0 Å². The van der Waals surface area contributed by atoms with Crippen molar-refractivity contribution in [1.29, 1.82) is 1.43 Å². The molecule has 0 aromatic rings. The van der Waals surface area contributed by atoms with Crippen LogP contribution in [0.4, 0.5) is 0 Å². The molecular formula is C9H20O6Si. The molecule has 0 aromatic carbocycles. The van der Waals surface area contributed by atoms with Gasteiger partial charge in [-0.05, 0) is 0 Å². The Hall–Kier alpha value is -0.0231. The van der Waals surface area contributed by atoms with Crippen molar-refractivity contribution >= 4 is 8.07 Å². The van der Waals surface area contributed by atoms with Gasteiger partial charge in [-0.2, -0.15) is 0 Å². The Morgan fingerprint density at radius 2 is 1.81 bits per heavy atom. The van der Waals surface area contributed by atoms with Crippen LogP contribution in [0.15, 0.2) is 0 Å². The van der Waals surface area contributed by atoms with E-state index in [1.165, 1.54) is 0 Å². The van der Waals surface area contributed by atoms with Crippen molar-refractivity contribution in [3.05, 3.63) is 0 Å². The van der Waals surface area contributed by atoms with Crippen molar-refractivity contribution in [1.82, 2.24) is 0 Å². The van der Waals surface area contributed by atoms with Gasteiger partial charge in [0.25, 0.3) is 0 Å². The van der Waals surface area contributed by atoms with E-state index >= 15 is 0 Å². The highest BCUT2D eigenvalue weighted by Gasteiger charge is 2.58. The summed E-state index contributed by atoms with van der Waals surface area (Å²) in [6.45, 7) is 4.86. The van der Waals surface area contributed by atoms with Crippen molar-refractivity contribution in [2.45, 2.75) is 49.5 Å². The molecule has 16 heavy (non-hydrogen) atoms. The second kappa shape index (κ2) is 4.34. The van der Waals surface area contributed by atoms with Crippen LogP contribution in [0.3, 0.4) is 0 Å². The third-order valence-corrected chi connectivity index (χ3v) is 5.50. The Bertz CT molecular complexity index is 271. The van der Waals surface area contributed by atoms with E-state index in [1.807, 2.05) is 0 Å². The van der Waals surface area contributed by atoms with Crippen LogP contribution in [0.1, 0.15) is 0 Å². The van der Waals surface area contributed by atoms with E-state index in [0.29, 0.717) is 0 Å². The van der Waals surface area contributed by atoms with Crippen LogP contribution in [0, 0.1) is 0 Å². The third-order valence-electron chi connectivity index (χ3n) is 3.00. The van der Waals surface area contributed by atoms with E-state index in [0.717, 1.165) is 0 Å². The van der Waals surface area contributed by atoms with Gasteiger partial charge in [0.1, 0.15) is 32.5 Å². The van der Waals surface area contributed by atoms with Crippen molar-refractivity contribution in [3.8, 4) is 0 Å². The van der Waals surface area contributed by atoms with Crippen LogP contribution in [0.2, 0.25) is 19.6 Å². The maximum Gasteiger partial charge on any atom is 0.213 e. The topological polar surface area (TPSA) is 110 Å². The van der Waals surface area contributed by atoms with Crippen LogP contribution in [0.5, 0.6) is 0 Å². The van der Waals surface area contributed by atoms with Gasteiger partial charge in [0, 0.05) is 0 Å². The van der Waals surface area contributed by atoms with Crippen LogP contribution in [-0.2, 0) is 4.74 Å². The maximum absolute atomic E-state index is 9.98. The summed E-state index contributed by atoms with van der Waals surface area (Å²) in [4.78, 5) is 0. The van der Waals surface area contributed by atoms with Gasteiger partial charge in [-0.25, -0.2) is 0 Å². The SMILES string of the molecule is [2H]O[C@@]1([Si](C)(C)C)O[C@H](CO)[C@@H](O)[C@H](O)[C@H]1O. The Labute approximate surface area is 96.6 Å². The molecule has 0 radical (unpaired) electrons. The standard InChI is InChI=1S/C9H20O6Si/c1-16(2,3)9(14)8(13)7(12)6(11)5(4-10)15-9/h5-8,10-14H,4H2,1-3H3/t5-,6-,7+,8-,9-/m1/s1/i14D. The molecule has 0 aliphatic carbocycles. The second-order valence-electron chi connectivity index (χ2n) is 5.18. The monoisotopic (exact) mass is 253 g/mol. The van der Waals surface area contributed by atoms with Crippen LogP contribution >= 0.6 is 0 Å². The van der Waals surface area contributed by atoms with Crippen molar-refractivity contribution < 1.29 is 30.3 Å². The molecule has 1 rings (SSSR count). The Balaban J connectivity index is 3.13. The molecule has 5 N–H and O–H groups in total. The number of aliphatic hydroxyl groups is 5. The zero-order chi connectivity index (χ0) is 13.4. The minimum atomic E-state index is -2.36. The fourth-order valence-electron chi connectivity index (χ4n) is 1.76. The first-order chi connectivity index (χ1) is 7.71. The lowest BCUT2D eigenvalue weighted by Crippen LogP contribution is -2.73. The first kappa shape index (κ1) is 12.4. The first-order valence-corrected chi connectivity index (χ1v) is 8.68. The zero-order valence-electron chi connectivity index (χ0n) is 10.6. The predicted octanol–water partition coefficient (Wildman–Crippen LogP) is -1.97. The van der Waals surface area contributed by atoms with Gasteiger partial charge in [-0.1, -0.05) is 19.6 Å². The minimum Gasteiger partial charge on any atom is -0.394 e. The van der Waals surface area contributed by atoms with Gasteiger partial charge < -0.3 is 30.3 Å². The van der Waals surface area contributed by atoms with Crippen LogP contribution < -0.4 is 0 Å². The first-order valence-electron chi connectivity index (χ1n) is 5.59. The largest absolute Gasteiger partial charge is 0.394 e. The molecule has 6 nitrogen and oxygen atoms in total. The molecule has 1 saturated heterocycles. The molecule has 0 unspecified atom stereocenters. The molecule has 0 bridgehead atoms. The minimum absolute atomic E-state index is 0.527. The molecule has 1 aliphatic heterocycles. The summed E-state index contributed by atoms with van der Waals surface area (Å²) in [6, 6.07) is 0. The quantitative estimate of drug-likeness (QED) is 0.373. The molecule has 96 valence electrons. The highest BCUT2D eigenvalue weighted by molar-refractivity contribution is 6.78. The van der Waals surface area contributed by atoms with E-state index in [-0.39, 0.29) is 0 Å². The summed E-state index contributed by atoms with van der Waals surface area (Å²) in [6.07, 6.45) is -5.53. The molecule has 1 heterocycles. The zero-order valence-corrected chi connectivity index (χ0v) is 10.6. The summed E-state index contributed by atoms with van der Waals surface area (Å²) < 4.78 is 12.5. The molecule has 0 amide bonds. The number of rotatable bonds is 3. The lowest BCUT2D eigenvalue weighted by molar-refractivity contribution is -0.315. The second-order valence-corrected chi connectivity index (χ2v) is 10.4. The lowest BCUT2D eigenvalue weighted by Gasteiger charge is -2.50. The molecule has 5 atom stereocenters. The summed E-state index contributed by atoms with van der Waals surface area (Å²) in [5.41, 5.74) is -1.67. The number of ether oxygens (including phenoxy) is 1. The molecule has 1 aliphatic rings. The Kier molecular flexibility index (Phi) is 3.37. The highest BCUT2D eigenvalue weighted by atomic mass is 28.3. The van der Waals surface area contributed by atoms with Gasteiger partial charge in [-0.3, -0.25) is 0 Å². The van der Waals surface area contributed by atoms with Gasteiger partial charge in [0.05, 0.1) is 6.61 Å². The fourth-order valence-corrected chi connectivity index (χ4v) is 3.32. The maximum atomic E-state index is 9.98. The number of hydrogen-bond acceptors (Lipinski definition) is 6. The Morgan fingerprint density at radius 3 is 2.19 bits per heavy atom. The van der Waals surface area contributed by atoms with Gasteiger partial charge in [-0.15, -0.1) is 0 Å². The summed E-state index contributed by atoms with van der Waals surface area (Å²) in [7, 11) is -2.36. The van der Waals surface area contributed by atoms with Gasteiger partial charge in [0.2, 0.25) is 1.43 Å².